The zero-order valence-electron chi connectivity index (χ0n) is 8.94. The number of hydrogen-bond acceptors (Lipinski definition) is 3. The van der Waals surface area contributed by atoms with E-state index in [0.29, 0.717) is 23.1 Å². The van der Waals surface area contributed by atoms with Gasteiger partial charge in [-0.25, -0.2) is 0 Å². The molecule has 90 valence electrons. The number of carbonyl (C=O) groups excluding carboxylic acids is 2. The highest BCUT2D eigenvalue weighted by Crippen LogP contribution is 2.22. The molecule has 1 heterocycles. The van der Waals surface area contributed by atoms with Crippen molar-refractivity contribution in [1.82, 2.24) is 10.2 Å². The Morgan fingerprint density at radius 1 is 1.47 bits per heavy atom. The van der Waals surface area contributed by atoms with Crippen LogP contribution in [0.4, 0.5) is 0 Å². The molecule has 1 aromatic carbocycles. The second-order valence-corrected chi connectivity index (χ2v) is 5.11. The van der Waals surface area contributed by atoms with Crippen LogP contribution in [0.5, 0.6) is 0 Å². The summed E-state index contributed by atoms with van der Waals surface area (Å²) >= 11 is 7.54. The van der Waals surface area contributed by atoms with Crippen LogP contribution in [-0.4, -0.2) is 36.3 Å². The summed E-state index contributed by atoms with van der Waals surface area (Å²) in [7, 11) is 0. The second kappa shape index (κ2) is 5.10. The Morgan fingerprint density at radius 3 is 2.94 bits per heavy atom. The van der Waals surface area contributed by atoms with E-state index in [1.807, 2.05) is 0 Å². The molecule has 0 unspecified atom stereocenters. The number of thiol groups is 1. The van der Waals surface area contributed by atoms with E-state index in [2.05, 4.69) is 33.9 Å². The summed E-state index contributed by atoms with van der Waals surface area (Å²) < 4.78 is 0.714. The van der Waals surface area contributed by atoms with Crippen molar-refractivity contribution >= 4 is 40.4 Å². The first-order valence-electron chi connectivity index (χ1n) is 5.12. The summed E-state index contributed by atoms with van der Waals surface area (Å²) in [6.07, 6.45) is 0. The van der Waals surface area contributed by atoms with Crippen molar-refractivity contribution in [1.29, 1.82) is 0 Å². The Morgan fingerprint density at radius 2 is 2.24 bits per heavy atom. The van der Waals surface area contributed by atoms with Gasteiger partial charge >= 0.3 is 0 Å². The average Bonchev–Trinajstić information content (AvgIpc) is 2.31. The van der Waals surface area contributed by atoms with Gasteiger partial charge in [-0.05, 0) is 34.1 Å². The molecule has 6 heteroatoms. The van der Waals surface area contributed by atoms with Gasteiger partial charge in [0.2, 0.25) is 5.91 Å². The fraction of sp³-hybridized carbons (Fsp3) is 0.273. The van der Waals surface area contributed by atoms with E-state index in [4.69, 9.17) is 0 Å². The molecule has 0 saturated carbocycles. The van der Waals surface area contributed by atoms with E-state index >= 15 is 0 Å². The molecule has 0 aromatic heterocycles. The largest absolute Gasteiger partial charge is 0.353 e. The summed E-state index contributed by atoms with van der Waals surface area (Å²) in [5, 5.41) is 2.68. The van der Waals surface area contributed by atoms with Crippen molar-refractivity contribution in [3.05, 3.63) is 28.2 Å². The predicted octanol–water partition coefficient (Wildman–Crippen LogP) is 1.31. The van der Waals surface area contributed by atoms with Gasteiger partial charge in [0.1, 0.15) is 0 Å². The molecule has 0 spiro atoms. The van der Waals surface area contributed by atoms with Crippen LogP contribution in [0.2, 0.25) is 0 Å². The van der Waals surface area contributed by atoms with Crippen molar-refractivity contribution in [2.24, 2.45) is 0 Å². The summed E-state index contributed by atoms with van der Waals surface area (Å²) in [6.45, 7) is 1.15. The summed E-state index contributed by atoms with van der Waals surface area (Å²) in [6, 6.07) is 5.27. The fourth-order valence-corrected chi connectivity index (χ4v) is 2.28. The first-order valence-corrected chi connectivity index (χ1v) is 6.36. The lowest BCUT2D eigenvalue weighted by Gasteiger charge is -2.27. The third-order valence-corrected chi connectivity index (χ3v) is 3.48. The van der Waals surface area contributed by atoms with Gasteiger partial charge in [-0.15, -0.1) is 12.6 Å². The molecular formula is C11H11BrN2O2S. The normalized spacial score (nSPS) is 15.6. The highest BCUT2D eigenvalue weighted by molar-refractivity contribution is 9.10. The van der Waals surface area contributed by atoms with E-state index in [-0.39, 0.29) is 18.4 Å². The van der Waals surface area contributed by atoms with Gasteiger partial charge in [0.15, 0.2) is 0 Å². The van der Waals surface area contributed by atoms with Crippen molar-refractivity contribution in [2.45, 2.75) is 4.90 Å². The number of nitrogens with one attached hydrogen (secondary N) is 1. The Balaban J connectivity index is 2.24. The van der Waals surface area contributed by atoms with Crippen LogP contribution in [0, 0.1) is 0 Å². The van der Waals surface area contributed by atoms with Gasteiger partial charge in [-0.3, -0.25) is 9.59 Å². The molecule has 0 atom stereocenters. The van der Waals surface area contributed by atoms with E-state index in [1.165, 1.54) is 4.90 Å². The molecule has 1 aliphatic heterocycles. The second-order valence-electron chi connectivity index (χ2n) is 3.74. The van der Waals surface area contributed by atoms with Crippen LogP contribution in [0.25, 0.3) is 0 Å². The SMILES string of the molecule is O=C1CN(C(=O)c2cc(S)ccc2Br)CCN1. The molecule has 1 saturated heterocycles. The summed E-state index contributed by atoms with van der Waals surface area (Å²) in [5.41, 5.74) is 0.534. The molecule has 1 fully saturated rings. The molecule has 2 rings (SSSR count). The van der Waals surface area contributed by atoms with Gasteiger partial charge < -0.3 is 10.2 Å². The molecule has 1 aliphatic rings. The Labute approximate surface area is 113 Å². The number of nitrogens with zero attached hydrogens (tertiary/aromatic N) is 1. The van der Waals surface area contributed by atoms with Gasteiger partial charge in [-0.1, -0.05) is 0 Å². The molecule has 1 N–H and O–H groups in total. The predicted molar refractivity (Wildman–Crippen MR) is 70.3 cm³/mol. The van der Waals surface area contributed by atoms with Gasteiger partial charge in [-0.2, -0.15) is 0 Å². The Hall–Kier alpha value is -1.01. The highest BCUT2D eigenvalue weighted by Gasteiger charge is 2.23. The first kappa shape index (κ1) is 12.4. The third-order valence-electron chi connectivity index (χ3n) is 2.51. The molecule has 0 aliphatic carbocycles. The zero-order valence-corrected chi connectivity index (χ0v) is 11.4. The molecule has 2 amide bonds. The van der Waals surface area contributed by atoms with Crippen LogP contribution < -0.4 is 5.32 Å². The standard InChI is InChI=1S/C11H11BrN2O2S/c12-9-2-1-7(17)5-8(9)11(16)14-4-3-13-10(15)6-14/h1-2,5,17H,3-4,6H2,(H,13,15). The van der Waals surface area contributed by atoms with Gasteiger partial charge in [0.25, 0.3) is 5.91 Å². The highest BCUT2D eigenvalue weighted by atomic mass is 79.9. The van der Waals surface area contributed by atoms with Crippen LogP contribution in [0.3, 0.4) is 0 Å². The van der Waals surface area contributed by atoms with E-state index in [9.17, 15) is 9.59 Å². The van der Waals surface area contributed by atoms with Crippen molar-refractivity contribution in [3.8, 4) is 0 Å². The molecule has 0 radical (unpaired) electrons. The molecule has 17 heavy (non-hydrogen) atoms. The van der Waals surface area contributed by atoms with Crippen LogP contribution >= 0.6 is 28.6 Å². The van der Waals surface area contributed by atoms with Crippen LogP contribution in [0.1, 0.15) is 10.4 Å². The lowest BCUT2D eigenvalue weighted by Crippen LogP contribution is -2.50. The van der Waals surface area contributed by atoms with Crippen molar-refractivity contribution in [3.63, 3.8) is 0 Å². The number of benzene rings is 1. The van der Waals surface area contributed by atoms with E-state index in [1.54, 1.807) is 18.2 Å². The lowest BCUT2D eigenvalue weighted by atomic mass is 10.2. The number of carbonyl (C=O) groups is 2. The van der Waals surface area contributed by atoms with E-state index in [0.717, 1.165) is 4.90 Å². The average molecular weight is 315 g/mol. The molecule has 0 bridgehead atoms. The van der Waals surface area contributed by atoms with Gasteiger partial charge in [0, 0.05) is 22.5 Å². The van der Waals surface area contributed by atoms with E-state index < -0.39 is 0 Å². The number of amides is 2. The lowest BCUT2D eigenvalue weighted by molar-refractivity contribution is -0.123. The van der Waals surface area contributed by atoms with Crippen LogP contribution in [-0.2, 0) is 4.79 Å². The zero-order chi connectivity index (χ0) is 12.4. The minimum Gasteiger partial charge on any atom is -0.353 e. The molecular weight excluding hydrogens is 304 g/mol. The number of halogens is 1. The Bertz CT molecular complexity index is 479. The van der Waals surface area contributed by atoms with Gasteiger partial charge in [0.05, 0.1) is 12.1 Å². The maximum atomic E-state index is 12.2. The number of piperazine rings is 1. The monoisotopic (exact) mass is 314 g/mol. The molecule has 1 aromatic rings. The first-order chi connectivity index (χ1) is 8.08. The quantitative estimate of drug-likeness (QED) is 0.768. The molecule has 4 nitrogen and oxygen atoms in total. The fourth-order valence-electron chi connectivity index (χ4n) is 1.66. The minimum atomic E-state index is -0.150. The Kier molecular flexibility index (Phi) is 3.73. The summed E-state index contributed by atoms with van der Waals surface area (Å²) in [4.78, 5) is 25.7. The maximum Gasteiger partial charge on any atom is 0.255 e. The van der Waals surface area contributed by atoms with Crippen molar-refractivity contribution < 1.29 is 9.59 Å². The number of rotatable bonds is 1. The smallest absolute Gasteiger partial charge is 0.255 e. The van der Waals surface area contributed by atoms with Crippen molar-refractivity contribution in [2.75, 3.05) is 19.6 Å². The minimum absolute atomic E-state index is 0.113. The third kappa shape index (κ3) is 2.81. The topological polar surface area (TPSA) is 49.4 Å². The number of hydrogen-bond donors (Lipinski definition) is 2. The summed E-state index contributed by atoms with van der Waals surface area (Å²) in [5.74, 6) is -0.273. The van der Waals surface area contributed by atoms with Crippen LogP contribution in [0.15, 0.2) is 27.6 Å². The maximum absolute atomic E-state index is 12.2.